The van der Waals surface area contributed by atoms with Crippen LogP contribution in [-0.4, -0.2) is 18.5 Å². The molecular weight excluding hydrogens is 392 g/mol. The Morgan fingerprint density at radius 2 is 1.53 bits per heavy atom. The molecule has 0 unspecified atom stereocenters. The molecular formula is C30H46O2. The van der Waals surface area contributed by atoms with Crippen LogP contribution < -0.4 is 0 Å². The first-order valence-corrected chi connectivity index (χ1v) is 13.7. The summed E-state index contributed by atoms with van der Waals surface area (Å²) in [7, 11) is 0. The van der Waals surface area contributed by atoms with Gasteiger partial charge in [0.2, 0.25) is 0 Å². The summed E-state index contributed by atoms with van der Waals surface area (Å²) in [6, 6.07) is 0. The molecule has 0 aromatic carbocycles. The average Bonchev–Trinajstić information content (AvgIpc) is 3.05. The summed E-state index contributed by atoms with van der Waals surface area (Å²) in [5.74, 6) is 3.07. The summed E-state index contributed by atoms with van der Waals surface area (Å²) in [6.45, 7) is 18.3. The van der Waals surface area contributed by atoms with Gasteiger partial charge in [-0.2, -0.15) is 0 Å². The van der Waals surface area contributed by atoms with Gasteiger partial charge >= 0.3 is 0 Å². The molecule has 0 N–H and O–H groups in total. The predicted octanol–water partition coefficient (Wildman–Crippen LogP) is 7.22. The molecule has 6 aliphatic rings. The quantitative estimate of drug-likeness (QED) is 0.399. The van der Waals surface area contributed by atoms with Crippen LogP contribution in [0.15, 0.2) is 12.2 Å². The van der Waals surface area contributed by atoms with Crippen molar-refractivity contribution in [1.82, 2.24) is 0 Å². The highest BCUT2D eigenvalue weighted by atomic mass is 16.5. The molecule has 5 aliphatic carbocycles. The first-order valence-electron chi connectivity index (χ1n) is 13.7. The second-order valence-electron chi connectivity index (χ2n) is 15.1. The molecule has 1 heterocycles. The van der Waals surface area contributed by atoms with Gasteiger partial charge in [-0.1, -0.05) is 54.5 Å². The van der Waals surface area contributed by atoms with Crippen molar-refractivity contribution < 1.29 is 9.53 Å². The van der Waals surface area contributed by atoms with Gasteiger partial charge in [0, 0.05) is 5.41 Å². The van der Waals surface area contributed by atoms with Crippen LogP contribution in [0.4, 0.5) is 0 Å². The van der Waals surface area contributed by atoms with E-state index in [9.17, 15) is 4.79 Å². The van der Waals surface area contributed by atoms with Crippen molar-refractivity contribution in [3.05, 3.63) is 12.2 Å². The standard InChI is InChI=1S/C30H46O2/c1-25(2)14-16-30-17-15-28(6)19(23(30)24(25)32-18-30)8-9-21-27(5)12-11-22(31)26(3,4)20(27)10-13-29(21,28)7/h11-12,19-21,23-24H,8-10,13-18H2,1-7H3/t19-,20+,21-,23-,24-,27+,28-,29-,30-/m1/s1. The van der Waals surface area contributed by atoms with Crippen LogP contribution in [0, 0.1) is 56.2 Å². The number of rotatable bonds is 0. The fourth-order valence-electron chi connectivity index (χ4n) is 11.3. The molecule has 1 aliphatic heterocycles. The zero-order chi connectivity index (χ0) is 22.9. The predicted molar refractivity (Wildman–Crippen MR) is 129 cm³/mol. The highest BCUT2D eigenvalue weighted by molar-refractivity contribution is 5.95. The third-order valence-corrected chi connectivity index (χ3v) is 13.4. The minimum Gasteiger partial charge on any atom is -0.377 e. The van der Waals surface area contributed by atoms with Crippen LogP contribution in [0.1, 0.15) is 99.8 Å². The van der Waals surface area contributed by atoms with Gasteiger partial charge in [-0.3, -0.25) is 4.79 Å². The van der Waals surface area contributed by atoms with E-state index in [2.05, 4.69) is 54.5 Å². The number of allylic oxidation sites excluding steroid dienone is 2. The van der Waals surface area contributed by atoms with Crippen molar-refractivity contribution >= 4 is 5.78 Å². The number of ketones is 1. The van der Waals surface area contributed by atoms with Gasteiger partial charge in [-0.25, -0.2) is 0 Å². The Morgan fingerprint density at radius 1 is 0.812 bits per heavy atom. The van der Waals surface area contributed by atoms with Crippen molar-refractivity contribution in [2.24, 2.45) is 56.2 Å². The maximum Gasteiger partial charge on any atom is 0.161 e. The summed E-state index contributed by atoms with van der Waals surface area (Å²) < 4.78 is 6.69. The molecule has 4 saturated carbocycles. The maximum atomic E-state index is 12.8. The SMILES string of the molecule is CC1(C)CC[C@]23CC[C@]4(C)[C@H](CC[C@@H]5[C@@]6(C)C=CC(=O)C(C)(C)[C@@H]6CC[C@]54C)[C@@H]2[C@H]1OC3. The van der Waals surface area contributed by atoms with E-state index in [-0.39, 0.29) is 10.8 Å². The van der Waals surface area contributed by atoms with Crippen molar-refractivity contribution in [2.45, 2.75) is 106 Å². The largest absolute Gasteiger partial charge is 0.377 e. The Labute approximate surface area is 196 Å². The highest BCUT2D eigenvalue weighted by Gasteiger charge is 2.72. The topological polar surface area (TPSA) is 26.3 Å². The van der Waals surface area contributed by atoms with Gasteiger partial charge in [-0.15, -0.1) is 0 Å². The van der Waals surface area contributed by atoms with E-state index in [0.717, 1.165) is 18.4 Å². The van der Waals surface area contributed by atoms with Crippen LogP contribution in [0.2, 0.25) is 0 Å². The summed E-state index contributed by atoms with van der Waals surface area (Å²) in [5.41, 5.74) is 1.45. The molecule has 2 heteroatoms. The van der Waals surface area contributed by atoms with Gasteiger partial charge in [0.25, 0.3) is 0 Å². The second-order valence-corrected chi connectivity index (χ2v) is 15.1. The van der Waals surface area contributed by atoms with Crippen LogP contribution in [0.3, 0.4) is 0 Å². The third kappa shape index (κ3) is 2.30. The summed E-state index contributed by atoms with van der Waals surface area (Å²) in [6.07, 6.45) is 15.5. The molecule has 0 spiro atoms. The molecule has 2 nitrogen and oxygen atoms in total. The molecule has 0 aromatic heterocycles. The Kier molecular flexibility index (Phi) is 4.19. The van der Waals surface area contributed by atoms with Gasteiger partial charge in [0.1, 0.15) is 0 Å². The third-order valence-electron chi connectivity index (χ3n) is 13.4. The van der Waals surface area contributed by atoms with E-state index in [1.54, 1.807) is 0 Å². The zero-order valence-electron chi connectivity index (χ0n) is 21.7. The monoisotopic (exact) mass is 438 g/mol. The Hall–Kier alpha value is -0.630. The fourth-order valence-corrected chi connectivity index (χ4v) is 11.3. The summed E-state index contributed by atoms with van der Waals surface area (Å²) in [5, 5.41) is 0. The Morgan fingerprint density at radius 3 is 2.28 bits per heavy atom. The van der Waals surface area contributed by atoms with Gasteiger partial charge in [0.15, 0.2) is 5.78 Å². The lowest BCUT2D eigenvalue weighted by molar-refractivity contribution is -0.226. The van der Waals surface area contributed by atoms with E-state index in [1.165, 1.54) is 51.4 Å². The number of fused-ring (bicyclic) bond motifs is 5. The minimum atomic E-state index is -0.223. The lowest BCUT2D eigenvalue weighted by Crippen LogP contribution is -2.66. The van der Waals surface area contributed by atoms with Crippen molar-refractivity contribution in [3.8, 4) is 0 Å². The molecule has 0 radical (unpaired) electrons. The van der Waals surface area contributed by atoms with Crippen LogP contribution in [0.25, 0.3) is 0 Å². The normalized spacial score (nSPS) is 57.2. The maximum absolute atomic E-state index is 12.8. The number of ether oxygens (including phenoxy) is 1. The van der Waals surface area contributed by atoms with E-state index < -0.39 is 0 Å². The molecule has 5 fully saturated rings. The molecule has 6 rings (SSSR count). The molecule has 0 aromatic rings. The van der Waals surface area contributed by atoms with E-state index >= 15 is 0 Å². The summed E-state index contributed by atoms with van der Waals surface area (Å²) >= 11 is 0. The summed E-state index contributed by atoms with van der Waals surface area (Å²) in [4.78, 5) is 12.8. The van der Waals surface area contributed by atoms with Crippen molar-refractivity contribution in [2.75, 3.05) is 6.61 Å². The minimum absolute atomic E-state index is 0.148. The zero-order valence-corrected chi connectivity index (χ0v) is 21.7. The Balaban J connectivity index is 1.42. The number of hydrogen-bond donors (Lipinski definition) is 0. The van der Waals surface area contributed by atoms with Gasteiger partial charge in [-0.05, 0) is 108 Å². The van der Waals surface area contributed by atoms with Crippen molar-refractivity contribution in [1.29, 1.82) is 0 Å². The van der Waals surface area contributed by atoms with E-state index in [4.69, 9.17) is 4.74 Å². The lowest BCUT2D eigenvalue weighted by atomic mass is 9.32. The number of carbonyl (C=O) groups is 1. The fraction of sp³-hybridized carbons (Fsp3) is 0.900. The first kappa shape index (κ1) is 21.9. The molecule has 178 valence electrons. The Bertz CT molecular complexity index is 883. The van der Waals surface area contributed by atoms with Crippen molar-refractivity contribution in [3.63, 3.8) is 0 Å². The molecule has 32 heavy (non-hydrogen) atoms. The van der Waals surface area contributed by atoms with Crippen LogP contribution >= 0.6 is 0 Å². The van der Waals surface area contributed by atoms with Gasteiger partial charge in [0.05, 0.1) is 12.7 Å². The molecule has 0 amide bonds. The van der Waals surface area contributed by atoms with E-state index in [0.29, 0.717) is 45.4 Å². The lowest BCUT2D eigenvalue weighted by Gasteiger charge is -2.72. The number of hydrogen-bond acceptors (Lipinski definition) is 2. The first-order chi connectivity index (χ1) is 14.8. The highest BCUT2D eigenvalue weighted by Crippen LogP contribution is 2.77. The van der Waals surface area contributed by atoms with Gasteiger partial charge < -0.3 is 4.74 Å². The van der Waals surface area contributed by atoms with Crippen LogP contribution in [0.5, 0.6) is 0 Å². The molecule has 9 atom stereocenters. The van der Waals surface area contributed by atoms with Crippen LogP contribution in [-0.2, 0) is 9.53 Å². The second kappa shape index (κ2) is 6.13. The molecule has 2 bridgehead atoms. The van der Waals surface area contributed by atoms with E-state index in [1.807, 2.05) is 6.08 Å². The average molecular weight is 439 g/mol. The number of carbonyl (C=O) groups excluding carboxylic acids is 1. The smallest absolute Gasteiger partial charge is 0.161 e. The molecule has 1 saturated heterocycles.